The van der Waals surface area contributed by atoms with Gasteiger partial charge in [0.05, 0.1) is 0 Å². The van der Waals surface area contributed by atoms with Gasteiger partial charge in [-0.25, -0.2) is 37.3 Å². The molecule has 0 bridgehead atoms. The van der Waals surface area contributed by atoms with E-state index in [-0.39, 0.29) is 27.7 Å². The molecule has 0 saturated heterocycles. The zero-order chi connectivity index (χ0) is 40.1. The zero-order valence-corrected chi connectivity index (χ0v) is 40.3. The Morgan fingerprint density at radius 1 is 0.273 bits per heavy atom. The molecule has 55 heavy (non-hydrogen) atoms. The predicted octanol–water partition coefficient (Wildman–Crippen LogP) is -0.774. The maximum atomic E-state index is 8.49. The first-order valence-corrected chi connectivity index (χ1v) is 21.7. The minimum Gasteiger partial charge on any atom is -0.222 e. The Bertz CT molecular complexity index is 1710. The third kappa shape index (κ3) is 16.4. The molecule has 0 amide bonds. The number of benzene rings is 6. The zero-order valence-electron chi connectivity index (χ0n) is 31.5. The number of rotatable bonds is 6. The summed E-state index contributed by atoms with van der Waals surface area (Å²) in [6.07, 6.45) is 0. The van der Waals surface area contributed by atoms with E-state index in [1.807, 2.05) is 0 Å². The van der Waals surface area contributed by atoms with Crippen molar-refractivity contribution in [1.29, 1.82) is 0 Å². The van der Waals surface area contributed by atoms with Crippen molar-refractivity contribution in [3.63, 3.8) is 0 Å². The van der Waals surface area contributed by atoms with E-state index in [1.54, 1.807) is 0 Å². The molecule has 6 aromatic rings. The quantitative estimate of drug-likeness (QED) is 0.154. The Hall–Kier alpha value is -2.62. The van der Waals surface area contributed by atoms with Crippen molar-refractivity contribution in [3.8, 4) is 0 Å². The van der Waals surface area contributed by atoms with Crippen molar-refractivity contribution >= 4 is 47.7 Å². The molecule has 0 radical (unpaired) electrons. The predicted molar refractivity (Wildman–Crippen MR) is 199 cm³/mol. The number of halogens is 2. The summed E-state index contributed by atoms with van der Waals surface area (Å²) in [6.45, 7) is 13.3. The molecule has 0 spiro atoms. The van der Waals surface area contributed by atoms with Gasteiger partial charge < -0.3 is 0 Å². The van der Waals surface area contributed by atoms with Crippen LogP contribution in [-0.4, -0.2) is 0 Å². The Kier molecular flexibility index (Phi) is 20.2. The summed E-state index contributed by atoms with van der Waals surface area (Å²) in [4.78, 5) is 0. The fraction of sp³-hybridized carbons (Fsp3) is 0.143. The molecule has 284 valence electrons. The van der Waals surface area contributed by atoms with Crippen LogP contribution in [0.1, 0.15) is 33.4 Å². The van der Waals surface area contributed by atoms with Gasteiger partial charge in [-0.05, 0) is 123 Å². The van der Waals surface area contributed by atoms with Crippen LogP contribution in [0.3, 0.4) is 0 Å². The second-order valence-electron chi connectivity index (χ2n) is 12.1. The molecule has 0 saturated carbocycles. The van der Waals surface area contributed by atoms with E-state index < -0.39 is 36.3 Å². The van der Waals surface area contributed by atoms with Crippen LogP contribution in [0.5, 0.6) is 0 Å². The van der Waals surface area contributed by atoms with E-state index in [9.17, 15) is 0 Å². The van der Waals surface area contributed by atoms with Crippen molar-refractivity contribution in [2.24, 2.45) is 0 Å². The van der Waals surface area contributed by atoms with Crippen LogP contribution in [0.2, 0.25) is 0 Å². The van der Waals surface area contributed by atoms with Crippen molar-refractivity contribution in [1.82, 2.24) is 0 Å². The molecule has 0 fully saturated rings. The van der Waals surface area contributed by atoms with Crippen molar-refractivity contribution in [2.75, 3.05) is 0 Å². The fourth-order valence-electron chi connectivity index (χ4n) is 5.66. The van der Waals surface area contributed by atoms with Gasteiger partial charge in [0.2, 0.25) is 0 Å². The smallest absolute Gasteiger partial charge is 0.222 e. The molecule has 13 heteroatoms. The second kappa shape index (κ2) is 22.9. The van der Waals surface area contributed by atoms with E-state index in [0.717, 1.165) is 0 Å². The third-order valence-electron chi connectivity index (χ3n) is 8.14. The van der Waals surface area contributed by atoms with Gasteiger partial charge in [0, 0.05) is 0 Å². The van der Waals surface area contributed by atoms with Crippen LogP contribution in [0.4, 0.5) is 0 Å². The van der Waals surface area contributed by atoms with Gasteiger partial charge in [0.25, 0.3) is 0 Å². The molecule has 8 nitrogen and oxygen atoms in total. The van der Waals surface area contributed by atoms with Crippen molar-refractivity contribution in [3.05, 3.63) is 179 Å². The van der Waals surface area contributed by atoms with E-state index in [4.69, 9.17) is 37.3 Å². The maximum Gasteiger partial charge on any atom is 2.00 e. The molecule has 0 heterocycles. The molecule has 6 aromatic carbocycles. The van der Waals surface area contributed by atoms with E-state index in [2.05, 4.69) is 187 Å². The topological polar surface area (TPSA) is 184 Å². The molecular weight excluding hydrogens is 966 g/mol. The van der Waals surface area contributed by atoms with Crippen LogP contribution in [0.15, 0.2) is 146 Å². The van der Waals surface area contributed by atoms with Gasteiger partial charge in [-0.2, -0.15) is 0 Å². The van der Waals surface area contributed by atoms with Gasteiger partial charge in [0.15, 0.2) is 0 Å². The Morgan fingerprint density at radius 3 is 0.491 bits per heavy atom. The Morgan fingerprint density at radius 2 is 0.382 bits per heavy atom. The summed E-state index contributed by atoms with van der Waals surface area (Å²) in [5, 5.41) is 8.76. The molecule has 6 rings (SSSR count). The first kappa shape index (κ1) is 48.5. The monoisotopic (exact) mass is 1010 g/mol. The third-order valence-corrected chi connectivity index (χ3v) is 14.0. The average Bonchev–Trinajstić information content (AvgIpc) is 3.09. The fourth-order valence-corrected chi connectivity index (χ4v) is 11.2. The van der Waals surface area contributed by atoms with Gasteiger partial charge >= 0.3 is 27.7 Å². The Labute approximate surface area is 351 Å². The molecule has 0 N–H and O–H groups in total. The molecular formula is C42H42Cl2HgO8P2. The molecule has 0 aromatic heterocycles. The molecule has 0 atom stereocenters. The summed E-state index contributed by atoms with van der Waals surface area (Å²) in [7, 11) is -10.9. The van der Waals surface area contributed by atoms with Crippen LogP contribution in [-0.2, 0) is 27.7 Å². The largest absolute Gasteiger partial charge is 2.00 e. The minimum absolute atomic E-state index is 0. The summed E-state index contributed by atoms with van der Waals surface area (Å²) in [6, 6.07) is 52.8. The van der Waals surface area contributed by atoms with Gasteiger partial charge in [0.1, 0.15) is 0 Å². The summed E-state index contributed by atoms with van der Waals surface area (Å²) in [5.74, 6) is 0. The Balaban J connectivity index is 0.000000301. The van der Waals surface area contributed by atoms with Crippen LogP contribution in [0, 0.1) is 62.0 Å². The van der Waals surface area contributed by atoms with Gasteiger partial charge in [-0.3, -0.25) is 0 Å². The summed E-state index contributed by atoms with van der Waals surface area (Å²) >= 11 is 0. The first-order valence-electron chi connectivity index (χ1n) is 16.5. The molecule has 0 aliphatic heterocycles. The minimum atomic E-state index is -4.94. The number of hydrogen-bond donors (Lipinski definition) is 0. The first-order chi connectivity index (χ1) is 25.4. The SMILES string of the molecule is Cc1ccccc1P(c1ccccc1C)c1ccccc1C.Cc1ccccc1P(c1ccccc1C)c1ccccc1C.[Hg+2].[O-][Cl+3]([O-])([O-])[O-].[O-][Cl+3]([O-])([O-])[O-]. The van der Waals surface area contributed by atoms with Crippen molar-refractivity contribution in [2.45, 2.75) is 41.5 Å². The average molecular weight is 1010 g/mol. The van der Waals surface area contributed by atoms with Crippen LogP contribution >= 0.6 is 15.8 Å². The maximum absolute atomic E-state index is 8.49. The van der Waals surface area contributed by atoms with E-state index in [0.29, 0.717) is 0 Å². The van der Waals surface area contributed by atoms with Crippen molar-refractivity contribution < 1.29 is 85.4 Å². The van der Waals surface area contributed by atoms with Crippen LogP contribution < -0.4 is 69.1 Å². The number of hydrogen-bond acceptors (Lipinski definition) is 8. The molecule has 0 aliphatic carbocycles. The number of aryl methyl sites for hydroxylation is 6. The molecule has 0 unspecified atom stereocenters. The summed E-state index contributed by atoms with van der Waals surface area (Å²) in [5.41, 5.74) is 8.25. The van der Waals surface area contributed by atoms with Gasteiger partial charge in [-0.15, -0.1) is 20.5 Å². The van der Waals surface area contributed by atoms with Crippen LogP contribution in [0.25, 0.3) is 0 Å². The van der Waals surface area contributed by atoms with E-state index >= 15 is 0 Å². The summed E-state index contributed by atoms with van der Waals surface area (Å²) < 4.78 is 67.9. The normalized spacial score (nSPS) is 10.9. The second-order valence-corrected chi connectivity index (χ2v) is 17.9. The van der Waals surface area contributed by atoms with Gasteiger partial charge in [-0.1, -0.05) is 146 Å². The molecule has 0 aliphatic rings. The standard InChI is InChI=1S/2C21H21P.2ClHO4.Hg/c2*1-16-10-4-7-13-19(16)22(20-14-8-5-11-17(20)2)21-15-9-6-12-18(21)3;2*2-1(3,4)5;/h2*4-15H,1-3H3;2*(H,2,3,4,5);/q;;;;+2/p-2. The van der Waals surface area contributed by atoms with E-state index in [1.165, 1.54) is 65.2 Å².